The average molecular weight is 628 g/mol. The molecule has 15 heteroatoms. The molecule has 232 valence electrons. The number of sulfonamides is 1. The van der Waals surface area contributed by atoms with Crippen molar-refractivity contribution in [3.63, 3.8) is 0 Å². The van der Waals surface area contributed by atoms with Crippen LogP contribution in [0.1, 0.15) is 32.8 Å². The molecule has 0 bridgehead atoms. The van der Waals surface area contributed by atoms with Gasteiger partial charge in [-0.05, 0) is 30.0 Å². The molecule has 2 aromatic carbocycles. The topological polar surface area (TPSA) is 175 Å². The van der Waals surface area contributed by atoms with Gasteiger partial charge in [-0.25, -0.2) is 13.2 Å². The molecule has 13 nitrogen and oxygen atoms in total. The summed E-state index contributed by atoms with van der Waals surface area (Å²) in [5.41, 5.74) is 0.492. The second-order valence-electron chi connectivity index (χ2n) is 10.4. The van der Waals surface area contributed by atoms with Crippen molar-refractivity contribution < 1.29 is 41.6 Å². The summed E-state index contributed by atoms with van der Waals surface area (Å²) in [4.78, 5) is 33.7. The molecule has 3 rings (SSSR count). The Morgan fingerprint density at radius 2 is 1.86 bits per heavy atom. The van der Waals surface area contributed by atoms with E-state index in [4.69, 9.17) is 14.0 Å². The molecule has 0 aromatic heterocycles. The van der Waals surface area contributed by atoms with E-state index < -0.39 is 53.4 Å². The first-order valence-electron chi connectivity index (χ1n) is 13.6. The van der Waals surface area contributed by atoms with E-state index in [0.717, 1.165) is 34.1 Å². The summed E-state index contributed by atoms with van der Waals surface area (Å²) >= 11 is 0. The number of benzene rings is 2. The van der Waals surface area contributed by atoms with E-state index in [9.17, 15) is 32.8 Å². The first-order valence-corrected chi connectivity index (χ1v) is 16.8. The third kappa shape index (κ3) is 9.85. The molecule has 2 unspecified atom stereocenters. The Balaban J connectivity index is 2.00. The predicted octanol–water partition coefficient (Wildman–Crippen LogP) is 3.96. The van der Waals surface area contributed by atoms with Crippen LogP contribution in [-0.2, 0) is 35.0 Å². The van der Waals surface area contributed by atoms with Gasteiger partial charge in [0.25, 0.3) is 5.69 Å². The van der Waals surface area contributed by atoms with E-state index in [2.05, 4.69) is 5.32 Å². The molecule has 1 aliphatic rings. The van der Waals surface area contributed by atoms with Crippen LogP contribution in [0.2, 0.25) is 0 Å². The molecule has 2 aromatic rings. The van der Waals surface area contributed by atoms with Crippen LogP contribution in [0.15, 0.2) is 59.5 Å². The van der Waals surface area contributed by atoms with Crippen molar-refractivity contribution in [3.8, 4) is 0 Å². The molecular formula is C27H38N3O10PS. The van der Waals surface area contributed by atoms with Gasteiger partial charge in [-0.15, -0.1) is 0 Å². The number of hydrogen-bond donors (Lipinski definition) is 2. The lowest BCUT2D eigenvalue weighted by Gasteiger charge is -2.34. The van der Waals surface area contributed by atoms with Crippen LogP contribution >= 0.6 is 7.60 Å². The minimum absolute atomic E-state index is 0.00293. The molecule has 2 N–H and O–H groups in total. The van der Waals surface area contributed by atoms with Crippen molar-refractivity contribution in [1.82, 2.24) is 9.62 Å². The molecular weight excluding hydrogens is 589 g/mol. The van der Waals surface area contributed by atoms with Gasteiger partial charge in [0.15, 0.2) is 0 Å². The number of nitrogens with one attached hydrogen (secondary N) is 1. The minimum Gasteiger partial charge on any atom is -0.444 e. The molecule has 0 saturated carbocycles. The summed E-state index contributed by atoms with van der Waals surface area (Å²) in [6, 6.07) is 12.5. The van der Waals surface area contributed by atoms with Crippen LogP contribution in [0.4, 0.5) is 10.5 Å². The van der Waals surface area contributed by atoms with Gasteiger partial charge in [0.1, 0.15) is 12.2 Å². The summed E-state index contributed by atoms with van der Waals surface area (Å²) in [7, 11) is -8.45. The minimum atomic E-state index is -4.25. The molecule has 4 atom stereocenters. The van der Waals surface area contributed by atoms with E-state index in [-0.39, 0.29) is 42.2 Å². The number of carbonyl (C=O) groups is 1. The maximum Gasteiger partial charge on any atom is 0.407 e. The lowest BCUT2D eigenvalue weighted by molar-refractivity contribution is -0.384. The molecule has 0 spiro atoms. The number of ether oxygens (including phenoxy) is 2. The van der Waals surface area contributed by atoms with Crippen LogP contribution < -0.4 is 5.32 Å². The highest BCUT2D eigenvalue weighted by atomic mass is 32.2. The largest absolute Gasteiger partial charge is 0.444 e. The zero-order valence-corrected chi connectivity index (χ0v) is 25.5. The van der Waals surface area contributed by atoms with Crippen molar-refractivity contribution in [2.75, 3.05) is 32.5 Å². The summed E-state index contributed by atoms with van der Waals surface area (Å²) < 4.78 is 58.0. The first kappa shape index (κ1) is 33.6. The van der Waals surface area contributed by atoms with Gasteiger partial charge in [-0.3, -0.25) is 14.7 Å². The van der Waals surface area contributed by atoms with Gasteiger partial charge in [0.2, 0.25) is 10.0 Å². The molecule has 0 radical (unpaired) electrons. The van der Waals surface area contributed by atoms with E-state index in [1.807, 2.05) is 6.07 Å². The zero-order chi connectivity index (χ0) is 30.9. The second-order valence-corrected chi connectivity index (χ2v) is 14.5. The van der Waals surface area contributed by atoms with Gasteiger partial charge < -0.3 is 24.2 Å². The molecule has 1 amide bonds. The van der Waals surface area contributed by atoms with Crippen molar-refractivity contribution in [2.24, 2.45) is 5.92 Å². The third-order valence-electron chi connectivity index (χ3n) is 6.55. The SMILES string of the molecule is CCP(=O)(O)O[C@H](CN(CC(C)C)S(=O)(=O)c1ccc([N+](=O)[O-])cc1)[C@H](Cc1ccccc1)NC(=O)OC1CCOC1. The Hall–Kier alpha value is -2.87. The van der Waals surface area contributed by atoms with E-state index in [1.54, 1.807) is 38.1 Å². The zero-order valence-electron chi connectivity index (χ0n) is 23.8. The monoisotopic (exact) mass is 627 g/mol. The van der Waals surface area contributed by atoms with Gasteiger partial charge >= 0.3 is 13.7 Å². The maximum absolute atomic E-state index is 13.8. The van der Waals surface area contributed by atoms with Crippen LogP contribution in [0, 0.1) is 16.0 Å². The van der Waals surface area contributed by atoms with Gasteiger partial charge in [0.05, 0.1) is 29.1 Å². The van der Waals surface area contributed by atoms with E-state index >= 15 is 0 Å². The van der Waals surface area contributed by atoms with Crippen molar-refractivity contribution in [2.45, 2.75) is 56.8 Å². The number of non-ortho nitro benzene ring substituents is 1. The van der Waals surface area contributed by atoms with E-state index in [1.165, 1.54) is 6.92 Å². The van der Waals surface area contributed by atoms with E-state index in [0.29, 0.717) is 13.0 Å². The lowest BCUT2D eigenvalue weighted by atomic mass is 10.0. The fourth-order valence-electron chi connectivity index (χ4n) is 4.37. The standard InChI is InChI=1S/C27H38N3O10PS/c1-4-41(34,35)40-26(18-29(17-20(2)3)42(36,37)24-12-10-22(11-13-24)30(32)33)25(16-21-8-6-5-7-9-21)28-27(31)39-23-14-15-38-19-23/h5-13,20,23,25-26H,4,14-19H2,1-3H3,(H,28,31)(H,34,35)/t23?,25-,26+/m0/s1. The highest BCUT2D eigenvalue weighted by molar-refractivity contribution is 7.89. The number of nitro benzene ring substituents is 1. The van der Waals surface area contributed by atoms with Crippen LogP contribution in [0.5, 0.6) is 0 Å². The molecule has 42 heavy (non-hydrogen) atoms. The number of hydrogen-bond acceptors (Lipinski definition) is 9. The van der Waals surface area contributed by atoms with Gasteiger partial charge in [-0.1, -0.05) is 51.1 Å². The first-order chi connectivity index (χ1) is 19.8. The Labute approximate surface area is 245 Å². The fourth-order valence-corrected chi connectivity index (χ4v) is 6.78. The van der Waals surface area contributed by atoms with Crippen molar-refractivity contribution >= 4 is 29.4 Å². The normalized spacial score (nSPS) is 18.4. The molecule has 1 fully saturated rings. The number of alkyl carbamates (subject to hydrolysis) is 1. The third-order valence-corrected chi connectivity index (χ3v) is 9.79. The number of nitro groups is 1. The Kier molecular flexibility index (Phi) is 12.0. The summed E-state index contributed by atoms with van der Waals surface area (Å²) in [5.74, 6) is -0.168. The highest BCUT2D eigenvalue weighted by Gasteiger charge is 2.37. The quantitative estimate of drug-likeness (QED) is 0.167. The molecule has 1 saturated heterocycles. The Morgan fingerprint density at radius 1 is 1.19 bits per heavy atom. The Bertz CT molecular complexity index is 1340. The number of carbonyl (C=O) groups excluding carboxylic acids is 1. The summed E-state index contributed by atoms with van der Waals surface area (Å²) in [5, 5.41) is 13.8. The predicted molar refractivity (Wildman–Crippen MR) is 155 cm³/mol. The van der Waals surface area contributed by atoms with Gasteiger partial charge in [-0.2, -0.15) is 4.31 Å². The summed E-state index contributed by atoms with van der Waals surface area (Å²) in [6.07, 6.45) is -2.11. The molecule has 1 aliphatic heterocycles. The maximum atomic E-state index is 13.8. The van der Waals surface area contributed by atoms with Crippen molar-refractivity contribution in [1.29, 1.82) is 0 Å². The lowest BCUT2D eigenvalue weighted by Crippen LogP contribution is -2.52. The number of nitrogens with zero attached hydrogens (tertiary/aromatic N) is 2. The second kappa shape index (κ2) is 15.0. The summed E-state index contributed by atoms with van der Waals surface area (Å²) in [6.45, 7) is 5.37. The van der Waals surface area contributed by atoms with Crippen LogP contribution in [0.3, 0.4) is 0 Å². The van der Waals surface area contributed by atoms with Crippen LogP contribution in [0.25, 0.3) is 0 Å². The highest BCUT2D eigenvalue weighted by Crippen LogP contribution is 2.43. The van der Waals surface area contributed by atoms with Crippen molar-refractivity contribution in [3.05, 3.63) is 70.3 Å². The Morgan fingerprint density at radius 3 is 2.40 bits per heavy atom. The average Bonchev–Trinajstić information content (AvgIpc) is 3.45. The number of amides is 1. The fraction of sp³-hybridized carbons (Fsp3) is 0.519. The van der Waals surface area contributed by atoms with Crippen LogP contribution in [-0.4, -0.2) is 79.3 Å². The number of rotatable bonds is 15. The van der Waals surface area contributed by atoms with Gasteiger partial charge in [0, 0.05) is 37.8 Å². The smallest absolute Gasteiger partial charge is 0.407 e. The molecule has 0 aliphatic carbocycles. The molecule has 1 heterocycles.